The Morgan fingerprint density at radius 3 is 2.81 bits per heavy atom. The minimum atomic E-state index is -0.356. The molecule has 112 valence electrons. The van der Waals surface area contributed by atoms with E-state index < -0.39 is 0 Å². The molecule has 6 nitrogen and oxygen atoms in total. The van der Waals surface area contributed by atoms with Crippen LogP contribution in [0.15, 0.2) is 18.2 Å². The quantitative estimate of drug-likeness (QED) is 0.396. The van der Waals surface area contributed by atoms with Gasteiger partial charge in [0.15, 0.2) is 5.75 Å². The number of carbonyl (C=O) groups is 1. The number of benzene rings is 1. The van der Waals surface area contributed by atoms with Gasteiger partial charge in [-0.2, -0.15) is 4.89 Å². The number of esters is 1. The van der Waals surface area contributed by atoms with E-state index in [1.165, 1.54) is 18.4 Å². The Balaban J connectivity index is 2.32. The molecule has 0 aliphatic rings. The summed E-state index contributed by atoms with van der Waals surface area (Å²) in [6, 6.07) is 5.22. The average molecular weight is 308 g/mol. The molecule has 0 saturated heterocycles. The highest BCUT2D eigenvalue weighted by Gasteiger charge is 2.17. The molecule has 0 fully saturated rings. The second kappa shape index (κ2) is 6.55. The molecule has 0 bridgehead atoms. The van der Waals surface area contributed by atoms with Crippen LogP contribution in [0.5, 0.6) is 5.75 Å². The molecule has 21 heavy (non-hydrogen) atoms. The van der Waals surface area contributed by atoms with Crippen LogP contribution in [0.4, 0.5) is 5.69 Å². The van der Waals surface area contributed by atoms with Crippen LogP contribution in [-0.4, -0.2) is 24.7 Å². The van der Waals surface area contributed by atoms with Gasteiger partial charge in [-0.15, -0.1) is 11.3 Å². The van der Waals surface area contributed by atoms with Gasteiger partial charge in [0, 0.05) is 5.56 Å². The van der Waals surface area contributed by atoms with Gasteiger partial charge in [-0.1, -0.05) is 0 Å². The van der Waals surface area contributed by atoms with E-state index in [0.717, 1.165) is 5.56 Å². The Morgan fingerprint density at radius 1 is 1.43 bits per heavy atom. The molecule has 0 spiro atoms. The van der Waals surface area contributed by atoms with E-state index in [4.69, 9.17) is 15.4 Å². The molecule has 0 amide bonds. The van der Waals surface area contributed by atoms with E-state index in [2.05, 4.69) is 9.87 Å². The maximum absolute atomic E-state index is 11.8. The highest BCUT2D eigenvalue weighted by atomic mass is 32.1. The highest BCUT2D eigenvalue weighted by Crippen LogP contribution is 2.32. The molecule has 1 heterocycles. The second-order valence-electron chi connectivity index (χ2n) is 4.16. The summed E-state index contributed by atoms with van der Waals surface area (Å²) in [6.45, 7) is 3.88. The number of hydrogen-bond acceptors (Lipinski definition) is 7. The molecule has 2 N–H and O–H groups in total. The monoisotopic (exact) mass is 308 g/mol. The lowest BCUT2D eigenvalue weighted by Gasteiger charge is -2.05. The van der Waals surface area contributed by atoms with Crippen molar-refractivity contribution in [3.63, 3.8) is 0 Å². The molecule has 0 aliphatic heterocycles. The van der Waals surface area contributed by atoms with E-state index in [1.54, 1.807) is 32.0 Å². The Bertz CT molecular complexity index is 654. The summed E-state index contributed by atoms with van der Waals surface area (Å²) in [5.41, 5.74) is 7.76. The van der Waals surface area contributed by atoms with Gasteiger partial charge in [0.2, 0.25) is 0 Å². The molecule has 2 aromatic rings. The van der Waals surface area contributed by atoms with Gasteiger partial charge < -0.3 is 15.4 Å². The third-order valence-electron chi connectivity index (χ3n) is 2.69. The van der Waals surface area contributed by atoms with Gasteiger partial charge in [0.25, 0.3) is 0 Å². The summed E-state index contributed by atoms with van der Waals surface area (Å²) in [7, 11) is 1.41. The van der Waals surface area contributed by atoms with Crippen molar-refractivity contribution in [3.05, 3.63) is 28.8 Å². The standard InChI is InChI=1S/C14H16N2O4S/c1-4-19-14(17)12-8(2)16-13(21-12)9-5-6-11(20-18-3)10(15)7-9/h5-7H,4,15H2,1-3H3. The smallest absolute Gasteiger partial charge is 0.350 e. The van der Waals surface area contributed by atoms with E-state index in [9.17, 15) is 4.79 Å². The number of nitrogen functional groups attached to an aromatic ring is 1. The maximum atomic E-state index is 11.8. The van der Waals surface area contributed by atoms with Crippen molar-refractivity contribution < 1.29 is 19.3 Å². The molecule has 0 unspecified atom stereocenters. The van der Waals surface area contributed by atoms with Crippen LogP contribution in [0, 0.1) is 6.92 Å². The lowest BCUT2D eigenvalue weighted by Crippen LogP contribution is -2.03. The van der Waals surface area contributed by atoms with Gasteiger partial charge in [-0.05, 0) is 32.0 Å². The minimum Gasteiger partial charge on any atom is -0.462 e. The van der Waals surface area contributed by atoms with Crippen molar-refractivity contribution in [2.75, 3.05) is 19.5 Å². The number of aromatic nitrogens is 1. The second-order valence-corrected chi connectivity index (χ2v) is 5.16. The largest absolute Gasteiger partial charge is 0.462 e. The topological polar surface area (TPSA) is 83.7 Å². The van der Waals surface area contributed by atoms with Crippen molar-refractivity contribution in [1.82, 2.24) is 4.98 Å². The average Bonchev–Trinajstić information content (AvgIpc) is 2.84. The molecule has 1 aromatic heterocycles. The third-order valence-corrected chi connectivity index (χ3v) is 3.87. The summed E-state index contributed by atoms with van der Waals surface area (Å²) in [6.07, 6.45) is 0. The Kier molecular flexibility index (Phi) is 4.77. The first kappa shape index (κ1) is 15.3. The predicted octanol–water partition coefficient (Wildman–Crippen LogP) is 2.82. The van der Waals surface area contributed by atoms with Gasteiger partial charge >= 0.3 is 5.97 Å². The molecule has 2 rings (SSSR count). The number of carbonyl (C=O) groups excluding carboxylic acids is 1. The van der Waals surface area contributed by atoms with Crippen LogP contribution >= 0.6 is 11.3 Å². The fourth-order valence-corrected chi connectivity index (χ4v) is 2.71. The first-order valence-electron chi connectivity index (χ1n) is 6.32. The number of aryl methyl sites for hydroxylation is 1. The number of hydrogen-bond donors (Lipinski definition) is 1. The zero-order chi connectivity index (χ0) is 15.4. The number of thiazole rings is 1. The SMILES string of the molecule is CCOC(=O)c1sc(-c2ccc(OOC)c(N)c2)nc1C. The van der Waals surface area contributed by atoms with Crippen molar-refractivity contribution in [2.24, 2.45) is 0 Å². The first-order valence-corrected chi connectivity index (χ1v) is 7.13. The van der Waals surface area contributed by atoms with Gasteiger partial charge in [0.1, 0.15) is 9.88 Å². The van der Waals surface area contributed by atoms with E-state index >= 15 is 0 Å². The lowest BCUT2D eigenvalue weighted by atomic mass is 10.2. The van der Waals surface area contributed by atoms with Crippen LogP contribution in [0.1, 0.15) is 22.3 Å². The van der Waals surface area contributed by atoms with E-state index in [0.29, 0.717) is 33.6 Å². The van der Waals surface area contributed by atoms with Crippen LogP contribution in [0.3, 0.4) is 0 Å². The van der Waals surface area contributed by atoms with Crippen LogP contribution in [0.25, 0.3) is 10.6 Å². The summed E-state index contributed by atoms with van der Waals surface area (Å²) in [5, 5.41) is 0.700. The molecule has 0 saturated carbocycles. The molecule has 1 aromatic carbocycles. The highest BCUT2D eigenvalue weighted by molar-refractivity contribution is 7.17. The third kappa shape index (κ3) is 3.32. The molecular formula is C14H16N2O4S. The molecule has 0 aliphatic carbocycles. The van der Waals surface area contributed by atoms with Gasteiger partial charge in [-0.3, -0.25) is 0 Å². The molecule has 0 radical (unpaired) electrons. The fraction of sp³-hybridized carbons (Fsp3) is 0.286. The van der Waals surface area contributed by atoms with Crippen molar-refractivity contribution >= 4 is 23.0 Å². The lowest BCUT2D eigenvalue weighted by molar-refractivity contribution is -0.177. The Hall–Kier alpha value is -2.12. The van der Waals surface area contributed by atoms with Crippen molar-refractivity contribution in [3.8, 4) is 16.3 Å². The van der Waals surface area contributed by atoms with Crippen LogP contribution < -0.4 is 10.6 Å². The van der Waals surface area contributed by atoms with E-state index in [1.807, 2.05) is 0 Å². The van der Waals surface area contributed by atoms with Crippen LogP contribution in [-0.2, 0) is 9.62 Å². The Morgan fingerprint density at radius 2 is 2.19 bits per heavy atom. The first-order chi connectivity index (χ1) is 10.1. The fourth-order valence-electron chi connectivity index (χ4n) is 1.75. The van der Waals surface area contributed by atoms with Crippen molar-refractivity contribution in [1.29, 1.82) is 0 Å². The number of nitrogens with two attached hydrogens (primary N) is 1. The van der Waals surface area contributed by atoms with Gasteiger partial charge in [-0.25, -0.2) is 9.78 Å². The maximum Gasteiger partial charge on any atom is 0.350 e. The van der Waals surface area contributed by atoms with Crippen LogP contribution in [0.2, 0.25) is 0 Å². The number of ether oxygens (including phenoxy) is 1. The normalized spacial score (nSPS) is 10.4. The number of rotatable bonds is 5. The predicted molar refractivity (Wildman–Crippen MR) is 80.3 cm³/mol. The van der Waals surface area contributed by atoms with E-state index in [-0.39, 0.29) is 5.97 Å². The molecule has 7 heteroatoms. The summed E-state index contributed by atoms with van der Waals surface area (Å²) >= 11 is 1.28. The Labute approximate surface area is 126 Å². The summed E-state index contributed by atoms with van der Waals surface area (Å²) < 4.78 is 5.00. The minimum absolute atomic E-state index is 0.335. The summed E-state index contributed by atoms with van der Waals surface area (Å²) in [5.74, 6) is 0.0752. The van der Waals surface area contributed by atoms with Crippen molar-refractivity contribution in [2.45, 2.75) is 13.8 Å². The molecular weight excluding hydrogens is 292 g/mol. The number of anilines is 1. The number of nitrogens with zero attached hydrogens (tertiary/aromatic N) is 1. The molecule has 0 atom stereocenters. The van der Waals surface area contributed by atoms with Gasteiger partial charge in [0.05, 0.1) is 25.1 Å². The summed E-state index contributed by atoms with van der Waals surface area (Å²) in [4.78, 5) is 26.2. The zero-order valence-electron chi connectivity index (χ0n) is 12.0. The zero-order valence-corrected chi connectivity index (χ0v) is 12.8.